The van der Waals surface area contributed by atoms with Crippen LogP contribution in [0.4, 0.5) is 0 Å². The first kappa shape index (κ1) is 24.7. The minimum Gasteiger partial charge on any atom is -1.00 e. The number of unbranched alkanes of at least 4 members (excludes halogenated alkanes) is 2. The number of rotatable bonds is 8. The largest absolute Gasteiger partial charge is 1.00 e. The molecule has 0 fully saturated rings. The number of hydrogen-bond acceptors (Lipinski definition) is 3. The second-order valence-corrected chi connectivity index (χ2v) is 3.51. The van der Waals surface area contributed by atoms with Gasteiger partial charge in [-0.25, -0.2) is 4.79 Å². The van der Waals surface area contributed by atoms with Gasteiger partial charge in [-0.1, -0.05) is 19.8 Å². The smallest absolute Gasteiger partial charge is 1.00 e. The van der Waals surface area contributed by atoms with E-state index in [1.165, 1.54) is 0 Å². The van der Waals surface area contributed by atoms with E-state index >= 15 is 0 Å². The summed E-state index contributed by atoms with van der Waals surface area (Å²) in [6.45, 7) is 1.99. The van der Waals surface area contributed by atoms with E-state index in [4.69, 9.17) is 10.2 Å². The zero-order valence-corrected chi connectivity index (χ0v) is 17.5. The van der Waals surface area contributed by atoms with E-state index in [0.29, 0.717) is 6.42 Å². The van der Waals surface area contributed by atoms with Gasteiger partial charge in [-0.05, 0) is 6.42 Å². The SMILES string of the molecule is CCCCCC(=O)N[C@@H](CC(=O)O)C(=O)O.[H-].[H-].[K+].[K+]. The van der Waals surface area contributed by atoms with Gasteiger partial charge in [0.1, 0.15) is 6.04 Å². The van der Waals surface area contributed by atoms with Crippen molar-refractivity contribution in [2.75, 3.05) is 0 Å². The predicted octanol–water partition coefficient (Wildman–Crippen LogP) is -5.16. The Kier molecular flexibility index (Phi) is 20.7. The van der Waals surface area contributed by atoms with Crippen LogP contribution in [-0.2, 0) is 14.4 Å². The van der Waals surface area contributed by atoms with Gasteiger partial charge in [0.25, 0.3) is 0 Å². The summed E-state index contributed by atoms with van der Waals surface area (Å²) in [4.78, 5) is 32.2. The summed E-state index contributed by atoms with van der Waals surface area (Å²) in [5.74, 6) is -2.99. The van der Waals surface area contributed by atoms with Crippen LogP contribution in [0, 0.1) is 0 Å². The standard InChI is InChI=1S/C10H17NO5.2K.2H/c1-2-3-4-5-8(12)11-7(10(15)16)6-9(13)14;;;;/h7H,2-6H2,1H3,(H,11,12)(H,13,14)(H,15,16);;;;/q;2*+1;2*-1/t7-;;;;/m0..../s1. The van der Waals surface area contributed by atoms with E-state index in [-0.39, 0.29) is 112 Å². The molecule has 0 saturated carbocycles. The topological polar surface area (TPSA) is 104 Å². The normalized spacial score (nSPS) is 10.5. The number of hydrogen-bond donors (Lipinski definition) is 3. The van der Waals surface area contributed by atoms with E-state index in [1.54, 1.807) is 0 Å². The zero-order chi connectivity index (χ0) is 12.6. The van der Waals surface area contributed by atoms with Crippen LogP contribution in [0.3, 0.4) is 0 Å². The van der Waals surface area contributed by atoms with Crippen molar-refractivity contribution >= 4 is 17.8 Å². The number of nitrogens with one attached hydrogen (secondary N) is 1. The van der Waals surface area contributed by atoms with Crippen molar-refractivity contribution in [1.82, 2.24) is 5.32 Å². The van der Waals surface area contributed by atoms with Gasteiger partial charge in [-0.15, -0.1) is 0 Å². The van der Waals surface area contributed by atoms with Crippen LogP contribution < -0.4 is 108 Å². The molecule has 0 unspecified atom stereocenters. The quantitative estimate of drug-likeness (QED) is 0.307. The molecular weight excluding hydrogens is 292 g/mol. The first-order chi connectivity index (χ1) is 7.47. The molecule has 0 rings (SSSR count). The van der Waals surface area contributed by atoms with Crippen molar-refractivity contribution in [3.05, 3.63) is 0 Å². The second-order valence-electron chi connectivity index (χ2n) is 3.51. The minimum absolute atomic E-state index is 0. The molecule has 0 aliphatic carbocycles. The van der Waals surface area contributed by atoms with Gasteiger partial charge in [0.2, 0.25) is 5.91 Å². The average molecular weight is 311 g/mol. The molecule has 0 saturated heterocycles. The molecule has 0 bridgehead atoms. The third kappa shape index (κ3) is 14.1. The summed E-state index contributed by atoms with van der Waals surface area (Å²) in [6.07, 6.45) is 2.17. The third-order valence-corrected chi connectivity index (χ3v) is 2.02. The molecule has 6 nitrogen and oxygen atoms in total. The number of carbonyl (C=O) groups excluding carboxylic acids is 1. The third-order valence-electron chi connectivity index (χ3n) is 2.02. The van der Waals surface area contributed by atoms with Crippen LogP contribution in [0.2, 0.25) is 0 Å². The molecular formula is C10H19K2NO5. The monoisotopic (exact) mass is 311 g/mol. The number of aliphatic carboxylic acids is 2. The number of carboxylic acids is 2. The van der Waals surface area contributed by atoms with Gasteiger partial charge in [0.15, 0.2) is 0 Å². The van der Waals surface area contributed by atoms with Gasteiger partial charge in [0, 0.05) is 6.42 Å². The maximum atomic E-state index is 11.2. The molecule has 0 heterocycles. The number of carbonyl (C=O) groups is 3. The molecule has 0 aromatic heterocycles. The fourth-order valence-electron chi connectivity index (χ4n) is 1.18. The Labute approximate surface area is 194 Å². The predicted molar refractivity (Wildman–Crippen MR) is 58.2 cm³/mol. The number of carboxylic acid groups (broad SMARTS) is 2. The summed E-state index contributed by atoms with van der Waals surface area (Å²) in [6, 6.07) is -1.34. The van der Waals surface area contributed by atoms with Crippen LogP contribution >= 0.6 is 0 Å². The maximum absolute atomic E-state index is 11.2. The fraction of sp³-hybridized carbons (Fsp3) is 0.700. The molecule has 1 atom stereocenters. The van der Waals surface area contributed by atoms with Crippen molar-refractivity contribution < 1.29 is 130 Å². The van der Waals surface area contributed by atoms with E-state index in [2.05, 4.69) is 5.32 Å². The summed E-state index contributed by atoms with van der Waals surface area (Å²) >= 11 is 0. The number of amides is 1. The Morgan fingerprint density at radius 3 is 2.11 bits per heavy atom. The molecule has 0 aromatic carbocycles. The summed E-state index contributed by atoms with van der Waals surface area (Å²) < 4.78 is 0. The summed E-state index contributed by atoms with van der Waals surface area (Å²) in [5, 5.41) is 19.3. The van der Waals surface area contributed by atoms with Crippen LogP contribution in [0.15, 0.2) is 0 Å². The van der Waals surface area contributed by atoms with E-state index in [1.807, 2.05) is 6.92 Å². The molecule has 1 amide bonds. The Hall–Kier alpha value is 1.68. The Morgan fingerprint density at radius 1 is 1.17 bits per heavy atom. The van der Waals surface area contributed by atoms with Crippen LogP contribution in [-0.4, -0.2) is 34.1 Å². The Morgan fingerprint density at radius 2 is 1.72 bits per heavy atom. The fourth-order valence-corrected chi connectivity index (χ4v) is 1.18. The van der Waals surface area contributed by atoms with Crippen molar-refractivity contribution in [2.45, 2.75) is 45.1 Å². The molecule has 0 aliphatic rings. The van der Waals surface area contributed by atoms with Crippen molar-refractivity contribution in [1.29, 1.82) is 0 Å². The van der Waals surface area contributed by atoms with Gasteiger partial charge in [0.05, 0.1) is 6.42 Å². The molecule has 8 heteroatoms. The van der Waals surface area contributed by atoms with Crippen molar-refractivity contribution in [2.24, 2.45) is 0 Å². The Bertz CT molecular complexity index is 282. The molecule has 0 spiro atoms. The molecule has 0 aromatic rings. The van der Waals surface area contributed by atoms with Crippen LogP contribution in [0.25, 0.3) is 0 Å². The molecule has 18 heavy (non-hydrogen) atoms. The first-order valence-corrected chi connectivity index (χ1v) is 5.21. The zero-order valence-electron chi connectivity index (χ0n) is 13.2. The van der Waals surface area contributed by atoms with Gasteiger partial charge >= 0.3 is 115 Å². The molecule has 96 valence electrons. The van der Waals surface area contributed by atoms with E-state index in [0.717, 1.165) is 12.8 Å². The molecule has 0 radical (unpaired) electrons. The van der Waals surface area contributed by atoms with Gasteiger partial charge < -0.3 is 18.4 Å². The maximum Gasteiger partial charge on any atom is 1.00 e. The van der Waals surface area contributed by atoms with Crippen molar-refractivity contribution in [3.63, 3.8) is 0 Å². The minimum atomic E-state index is -1.34. The van der Waals surface area contributed by atoms with Gasteiger partial charge in [-0.3, -0.25) is 9.59 Å². The molecule has 3 N–H and O–H groups in total. The molecule has 0 aliphatic heterocycles. The summed E-state index contributed by atoms with van der Waals surface area (Å²) in [5.41, 5.74) is 0. The van der Waals surface area contributed by atoms with Crippen molar-refractivity contribution in [3.8, 4) is 0 Å². The van der Waals surface area contributed by atoms with E-state index in [9.17, 15) is 14.4 Å². The van der Waals surface area contributed by atoms with E-state index < -0.39 is 30.3 Å². The van der Waals surface area contributed by atoms with Crippen LogP contribution in [0.5, 0.6) is 0 Å². The van der Waals surface area contributed by atoms with Gasteiger partial charge in [-0.2, -0.15) is 0 Å². The second kappa shape index (κ2) is 15.1. The average Bonchev–Trinajstić information content (AvgIpc) is 2.16. The van der Waals surface area contributed by atoms with Crippen LogP contribution in [0.1, 0.15) is 41.9 Å². The Balaban J connectivity index is -0.000000187. The summed E-state index contributed by atoms with van der Waals surface area (Å²) in [7, 11) is 0. The first-order valence-electron chi connectivity index (χ1n) is 5.21.